The maximum atomic E-state index is 9.66. The van der Waals surface area contributed by atoms with E-state index in [4.69, 9.17) is 9.84 Å². The minimum Gasteiger partial charge on any atom is -0.393 e. The lowest BCUT2D eigenvalue weighted by Crippen LogP contribution is -2.37. The van der Waals surface area contributed by atoms with Crippen molar-refractivity contribution in [2.24, 2.45) is 0 Å². The molecule has 0 radical (unpaired) electrons. The Balaban J connectivity index is 3.34. The first-order valence-corrected chi connectivity index (χ1v) is 5.59. The molecule has 86 valence electrons. The van der Waals surface area contributed by atoms with E-state index in [2.05, 4.69) is 6.92 Å². The molecule has 0 rings (SSSR count). The zero-order valence-corrected chi connectivity index (χ0v) is 9.46. The number of aliphatic hydroxyl groups excluding tert-OH is 1. The van der Waals surface area contributed by atoms with E-state index in [0.717, 1.165) is 6.42 Å². The summed E-state index contributed by atoms with van der Waals surface area (Å²) < 4.78 is 5.32. The van der Waals surface area contributed by atoms with E-state index in [9.17, 15) is 5.11 Å². The van der Waals surface area contributed by atoms with Crippen LogP contribution < -0.4 is 0 Å². The summed E-state index contributed by atoms with van der Waals surface area (Å²) in [7, 11) is 0. The molecule has 3 nitrogen and oxygen atoms in total. The van der Waals surface area contributed by atoms with E-state index < -0.39 is 5.60 Å². The third-order valence-corrected chi connectivity index (χ3v) is 2.47. The van der Waals surface area contributed by atoms with Gasteiger partial charge in [-0.2, -0.15) is 0 Å². The van der Waals surface area contributed by atoms with Crippen LogP contribution in [0, 0.1) is 0 Å². The minimum absolute atomic E-state index is 0.224. The van der Waals surface area contributed by atoms with Crippen molar-refractivity contribution >= 4 is 0 Å². The molecule has 0 aromatic rings. The Morgan fingerprint density at radius 2 is 1.86 bits per heavy atom. The average molecular weight is 204 g/mol. The van der Waals surface area contributed by atoms with Crippen LogP contribution in [0.15, 0.2) is 0 Å². The van der Waals surface area contributed by atoms with Crippen molar-refractivity contribution in [2.75, 3.05) is 19.8 Å². The van der Waals surface area contributed by atoms with Crippen LogP contribution in [-0.2, 0) is 4.74 Å². The lowest BCUT2D eigenvalue weighted by atomic mass is 10.0. The van der Waals surface area contributed by atoms with E-state index in [1.165, 1.54) is 19.3 Å². The predicted molar refractivity (Wildman–Crippen MR) is 57.3 cm³/mol. The van der Waals surface area contributed by atoms with Crippen LogP contribution in [0.5, 0.6) is 0 Å². The topological polar surface area (TPSA) is 49.7 Å². The fourth-order valence-corrected chi connectivity index (χ4v) is 1.15. The van der Waals surface area contributed by atoms with E-state index in [1.807, 2.05) is 6.92 Å². The normalized spacial score (nSPS) is 15.4. The van der Waals surface area contributed by atoms with Crippen molar-refractivity contribution in [1.29, 1.82) is 0 Å². The van der Waals surface area contributed by atoms with Gasteiger partial charge in [0.1, 0.15) is 5.60 Å². The van der Waals surface area contributed by atoms with Crippen molar-refractivity contribution in [3.8, 4) is 0 Å². The number of ether oxygens (including phenoxy) is 1. The van der Waals surface area contributed by atoms with Crippen LogP contribution in [-0.4, -0.2) is 35.6 Å². The van der Waals surface area contributed by atoms with E-state index in [0.29, 0.717) is 13.0 Å². The first-order chi connectivity index (χ1) is 6.68. The molecule has 14 heavy (non-hydrogen) atoms. The van der Waals surface area contributed by atoms with Crippen LogP contribution >= 0.6 is 0 Å². The summed E-state index contributed by atoms with van der Waals surface area (Å²) in [5, 5.41) is 18.6. The van der Waals surface area contributed by atoms with Crippen LogP contribution in [0.3, 0.4) is 0 Å². The highest BCUT2D eigenvalue weighted by Crippen LogP contribution is 2.09. The van der Waals surface area contributed by atoms with Crippen LogP contribution in [0.2, 0.25) is 0 Å². The van der Waals surface area contributed by atoms with Crippen molar-refractivity contribution in [1.82, 2.24) is 0 Å². The second kappa shape index (κ2) is 8.21. The summed E-state index contributed by atoms with van der Waals surface area (Å²) in [6.45, 7) is 4.71. The number of aliphatic hydroxyl groups is 2. The second-order valence-corrected chi connectivity index (χ2v) is 3.85. The van der Waals surface area contributed by atoms with Gasteiger partial charge >= 0.3 is 0 Å². The maximum absolute atomic E-state index is 9.66. The summed E-state index contributed by atoms with van der Waals surface area (Å²) >= 11 is 0. The van der Waals surface area contributed by atoms with Gasteiger partial charge in [-0.25, -0.2) is 0 Å². The Morgan fingerprint density at radius 3 is 2.36 bits per heavy atom. The Labute approximate surface area is 87.1 Å². The largest absolute Gasteiger partial charge is 0.393 e. The van der Waals surface area contributed by atoms with Crippen LogP contribution in [0.4, 0.5) is 0 Å². The third-order valence-electron chi connectivity index (χ3n) is 2.47. The van der Waals surface area contributed by atoms with E-state index in [1.54, 1.807) is 0 Å². The van der Waals surface area contributed by atoms with Gasteiger partial charge < -0.3 is 14.9 Å². The maximum Gasteiger partial charge on any atom is 0.111 e. The fraction of sp³-hybridized carbons (Fsp3) is 1.00. The van der Waals surface area contributed by atoms with Crippen molar-refractivity contribution in [2.45, 2.75) is 51.6 Å². The van der Waals surface area contributed by atoms with Gasteiger partial charge in [0.05, 0.1) is 13.2 Å². The van der Waals surface area contributed by atoms with Gasteiger partial charge in [-0.15, -0.1) is 0 Å². The molecule has 0 aromatic carbocycles. The molecule has 0 bridgehead atoms. The third kappa shape index (κ3) is 6.35. The van der Waals surface area contributed by atoms with Gasteiger partial charge in [-0.3, -0.25) is 0 Å². The monoisotopic (exact) mass is 204 g/mol. The molecular formula is C11H24O3. The molecule has 0 amide bonds. The van der Waals surface area contributed by atoms with E-state index in [-0.39, 0.29) is 13.2 Å². The first kappa shape index (κ1) is 13.9. The molecule has 0 aliphatic carbocycles. The highest BCUT2D eigenvalue weighted by molar-refractivity contribution is 4.74. The smallest absolute Gasteiger partial charge is 0.111 e. The summed E-state index contributed by atoms with van der Waals surface area (Å²) in [6.07, 6.45) is 5.20. The Bertz CT molecular complexity index is 122. The van der Waals surface area contributed by atoms with Gasteiger partial charge in [0.15, 0.2) is 0 Å². The van der Waals surface area contributed by atoms with Crippen molar-refractivity contribution in [3.63, 3.8) is 0 Å². The highest BCUT2D eigenvalue weighted by Gasteiger charge is 2.23. The van der Waals surface area contributed by atoms with E-state index >= 15 is 0 Å². The fourth-order valence-electron chi connectivity index (χ4n) is 1.15. The molecule has 0 saturated heterocycles. The molecule has 0 spiro atoms. The molecule has 3 heteroatoms. The Morgan fingerprint density at radius 1 is 1.14 bits per heavy atom. The zero-order chi connectivity index (χ0) is 10.9. The van der Waals surface area contributed by atoms with Crippen LogP contribution in [0.25, 0.3) is 0 Å². The first-order valence-electron chi connectivity index (χ1n) is 5.59. The standard InChI is InChI=1S/C11H24O3/c1-3-5-6-7-8-14-10-11(13,4-2)9-12/h12-13H,3-10H2,1-2H3. The average Bonchev–Trinajstić information content (AvgIpc) is 2.23. The Hall–Kier alpha value is -0.120. The second-order valence-electron chi connectivity index (χ2n) is 3.85. The molecule has 0 saturated carbocycles. The molecule has 1 unspecified atom stereocenters. The van der Waals surface area contributed by atoms with Gasteiger partial charge in [-0.1, -0.05) is 33.1 Å². The molecule has 2 N–H and O–H groups in total. The quantitative estimate of drug-likeness (QED) is 0.562. The molecule has 1 atom stereocenters. The molecule has 0 aliphatic heterocycles. The van der Waals surface area contributed by atoms with Crippen molar-refractivity contribution < 1.29 is 14.9 Å². The lowest BCUT2D eigenvalue weighted by Gasteiger charge is -2.23. The van der Waals surface area contributed by atoms with Gasteiger partial charge in [0.25, 0.3) is 0 Å². The van der Waals surface area contributed by atoms with Gasteiger partial charge in [0, 0.05) is 6.61 Å². The summed E-state index contributed by atoms with van der Waals surface area (Å²) in [5.74, 6) is 0. The molecule has 0 fully saturated rings. The van der Waals surface area contributed by atoms with Crippen molar-refractivity contribution in [3.05, 3.63) is 0 Å². The lowest BCUT2D eigenvalue weighted by molar-refractivity contribution is -0.0800. The van der Waals surface area contributed by atoms with Crippen LogP contribution in [0.1, 0.15) is 46.0 Å². The number of rotatable bonds is 9. The summed E-state index contributed by atoms with van der Waals surface area (Å²) in [4.78, 5) is 0. The zero-order valence-electron chi connectivity index (χ0n) is 9.46. The van der Waals surface area contributed by atoms with Gasteiger partial charge in [-0.05, 0) is 12.8 Å². The Kier molecular flexibility index (Phi) is 8.14. The minimum atomic E-state index is -1.04. The SMILES string of the molecule is CCCCCCOCC(O)(CC)CO. The number of hydrogen-bond donors (Lipinski definition) is 2. The van der Waals surface area contributed by atoms with Gasteiger partial charge in [0.2, 0.25) is 0 Å². The predicted octanol–water partition coefficient (Wildman–Crippen LogP) is 1.72. The molecule has 0 aromatic heterocycles. The summed E-state index contributed by atoms with van der Waals surface area (Å²) in [5.41, 5.74) is -1.04. The summed E-state index contributed by atoms with van der Waals surface area (Å²) in [6, 6.07) is 0. The number of hydrogen-bond acceptors (Lipinski definition) is 3. The molecule has 0 aliphatic rings. The molecular weight excluding hydrogens is 180 g/mol. The number of unbranched alkanes of at least 4 members (excludes halogenated alkanes) is 3. The highest BCUT2D eigenvalue weighted by atomic mass is 16.5. The molecule has 0 heterocycles.